The first-order chi connectivity index (χ1) is 17.4. The maximum Gasteiger partial charge on any atom is 0.352 e. The predicted octanol–water partition coefficient (Wildman–Crippen LogP) is 2.17. The molecule has 0 saturated heterocycles. The SMILES string of the molecule is CCCCOc1ccc(S(=O)(=O)NC(=O)C(C)Oc2cc(-n3ncc(=O)n(C)c3=O)c(F)cc2Cl)cc1. The van der Waals surface area contributed by atoms with Gasteiger partial charge in [0.05, 0.1) is 16.5 Å². The van der Waals surface area contributed by atoms with Gasteiger partial charge >= 0.3 is 5.69 Å². The van der Waals surface area contributed by atoms with Crippen LogP contribution in [0.15, 0.2) is 57.1 Å². The minimum Gasteiger partial charge on any atom is -0.494 e. The number of nitrogens with one attached hydrogen (secondary N) is 1. The molecule has 1 amide bonds. The Hall–Kier alpha value is -3.71. The lowest BCUT2D eigenvalue weighted by molar-refractivity contribution is -0.125. The Kier molecular flexibility index (Phi) is 8.71. The van der Waals surface area contributed by atoms with Gasteiger partial charge in [-0.2, -0.15) is 9.78 Å². The van der Waals surface area contributed by atoms with Gasteiger partial charge in [0.1, 0.15) is 23.4 Å². The molecule has 2 aromatic carbocycles. The molecular formula is C23H24ClFN4O7S. The molecule has 0 aliphatic heterocycles. The summed E-state index contributed by atoms with van der Waals surface area (Å²) in [5.41, 5.74) is -2.03. The van der Waals surface area contributed by atoms with Crippen LogP contribution in [-0.2, 0) is 21.9 Å². The van der Waals surface area contributed by atoms with Crippen molar-refractivity contribution in [1.82, 2.24) is 19.1 Å². The van der Waals surface area contributed by atoms with Gasteiger partial charge in [-0.3, -0.25) is 14.2 Å². The zero-order valence-electron chi connectivity index (χ0n) is 20.1. The van der Waals surface area contributed by atoms with Gasteiger partial charge in [-0.1, -0.05) is 24.9 Å². The Labute approximate surface area is 216 Å². The number of benzene rings is 2. The van der Waals surface area contributed by atoms with Crippen molar-refractivity contribution < 1.29 is 27.1 Å². The Morgan fingerprint density at radius 1 is 1.22 bits per heavy atom. The van der Waals surface area contributed by atoms with E-state index in [1.165, 1.54) is 38.2 Å². The van der Waals surface area contributed by atoms with E-state index in [4.69, 9.17) is 21.1 Å². The van der Waals surface area contributed by atoms with Crippen LogP contribution in [0.2, 0.25) is 5.02 Å². The molecule has 0 spiro atoms. The molecule has 198 valence electrons. The second-order valence-electron chi connectivity index (χ2n) is 7.87. The quantitative estimate of drug-likeness (QED) is 0.376. The first-order valence-electron chi connectivity index (χ1n) is 11.1. The molecule has 0 saturated carbocycles. The number of ether oxygens (including phenoxy) is 2. The summed E-state index contributed by atoms with van der Waals surface area (Å²) in [6.07, 6.45) is 1.23. The molecule has 11 nitrogen and oxygen atoms in total. The van der Waals surface area contributed by atoms with E-state index in [1.54, 1.807) is 0 Å². The Balaban J connectivity index is 1.77. The smallest absolute Gasteiger partial charge is 0.352 e. The number of amides is 1. The van der Waals surface area contributed by atoms with Gasteiger partial charge in [0.2, 0.25) is 0 Å². The summed E-state index contributed by atoms with van der Waals surface area (Å²) in [6, 6.07) is 7.38. The van der Waals surface area contributed by atoms with Gasteiger partial charge in [0.15, 0.2) is 11.9 Å². The lowest BCUT2D eigenvalue weighted by Gasteiger charge is -2.17. The lowest BCUT2D eigenvalue weighted by Crippen LogP contribution is -2.40. The normalized spacial score (nSPS) is 12.1. The molecule has 1 heterocycles. The van der Waals surface area contributed by atoms with Crippen LogP contribution in [0.5, 0.6) is 11.5 Å². The Morgan fingerprint density at radius 3 is 2.54 bits per heavy atom. The number of unbranched alkanes of at least 4 members (excludes halogenated alkanes) is 1. The highest BCUT2D eigenvalue weighted by Crippen LogP contribution is 2.30. The van der Waals surface area contributed by atoms with Gasteiger partial charge in [0.25, 0.3) is 21.5 Å². The number of halogens is 2. The molecule has 1 N–H and O–H groups in total. The van der Waals surface area contributed by atoms with Crippen LogP contribution in [0.3, 0.4) is 0 Å². The third kappa shape index (κ3) is 6.54. The number of hydrogen-bond acceptors (Lipinski definition) is 8. The van der Waals surface area contributed by atoms with Gasteiger partial charge in [-0.05, 0) is 43.7 Å². The second kappa shape index (κ2) is 11.6. The van der Waals surface area contributed by atoms with Crippen LogP contribution in [-0.4, -0.2) is 41.4 Å². The third-order valence-electron chi connectivity index (χ3n) is 5.12. The molecule has 0 aliphatic carbocycles. The van der Waals surface area contributed by atoms with Crippen LogP contribution in [0.4, 0.5) is 4.39 Å². The fraction of sp³-hybridized carbons (Fsp3) is 0.304. The van der Waals surface area contributed by atoms with Crippen molar-refractivity contribution in [3.05, 3.63) is 74.3 Å². The molecule has 0 bridgehead atoms. The van der Waals surface area contributed by atoms with E-state index < -0.39 is 44.8 Å². The largest absolute Gasteiger partial charge is 0.494 e. The van der Waals surface area contributed by atoms with E-state index in [1.807, 2.05) is 11.6 Å². The fourth-order valence-corrected chi connectivity index (χ4v) is 4.22. The van der Waals surface area contributed by atoms with Crippen LogP contribution in [0.1, 0.15) is 26.7 Å². The van der Waals surface area contributed by atoms with Gasteiger partial charge in [-0.15, -0.1) is 0 Å². The number of aromatic nitrogens is 3. The number of carbonyl (C=O) groups excluding carboxylic acids is 1. The number of carbonyl (C=O) groups is 1. The predicted molar refractivity (Wildman–Crippen MR) is 132 cm³/mol. The lowest BCUT2D eigenvalue weighted by atomic mass is 10.2. The van der Waals surface area contributed by atoms with E-state index in [9.17, 15) is 27.2 Å². The van der Waals surface area contributed by atoms with Crippen molar-refractivity contribution in [2.24, 2.45) is 7.05 Å². The maximum absolute atomic E-state index is 14.6. The average Bonchev–Trinajstić information content (AvgIpc) is 2.85. The molecule has 0 aliphatic rings. The molecule has 14 heteroatoms. The van der Waals surface area contributed by atoms with Crippen molar-refractivity contribution >= 4 is 27.5 Å². The summed E-state index contributed by atoms with van der Waals surface area (Å²) in [5, 5.41) is 3.38. The third-order valence-corrected chi connectivity index (χ3v) is 6.78. The standard InChI is InChI=1S/C23H24ClFN4O7S/c1-4-5-10-35-15-6-8-16(9-7-15)37(33,34)27-22(31)14(2)36-20-12-19(18(25)11-17(20)24)29-23(32)28(3)21(30)13-26-29/h6-9,11-14H,4-5,10H2,1-3H3,(H,27,31). The fourth-order valence-electron chi connectivity index (χ4n) is 2.98. The van der Waals surface area contributed by atoms with Crippen LogP contribution >= 0.6 is 11.6 Å². The topological polar surface area (TPSA) is 139 Å². The molecule has 3 rings (SSSR count). The summed E-state index contributed by atoms with van der Waals surface area (Å²) in [5.74, 6) is -1.71. The maximum atomic E-state index is 14.6. The summed E-state index contributed by atoms with van der Waals surface area (Å²) in [7, 11) is -3.05. The highest BCUT2D eigenvalue weighted by atomic mass is 35.5. The van der Waals surface area contributed by atoms with Crippen LogP contribution in [0, 0.1) is 5.82 Å². The highest BCUT2D eigenvalue weighted by molar-refractivity contribution is 7.90. The summed E-state index contributed by atoms with van der Waals surface area (Å²) < 4.78 is 54.0. The van der Waals surface area contributed by atoms with Crippen molar-refractivity contribution in [3.8, 4) is 17.2 Å². The zero-order valence-corrected chi connectivity index (χ0v) is 21.7. The van der Waals surface area contributed by atoms with Crippen LogP contribution < -0.4 is 25.4 Å². The van der Waals surface area contributed by atoms with E-state index in [0.717, 1.165) is 31.2 Å². The first-order valence-corrected chi connectivity index (χ1v) is 12.9. The zero-order chi connectivity index (χ0) is 27.3. The second-order valence-corrected chi connectivity index (χ2v) is 9.96. The molecule has 0 fully saturated rings. The molecule has 3 aromatic rings. The summed E-state index contributed by atoms with van der Waals surface area (Å²) in [6.45, 7) is 3.77. The van der Waals surface area contributed by atoms with E-state index >= 15 is 0 Å². The molecule has 37 heavy (non-hydrogen) atoms. The van der Waals surface area contributed by atoms with Gasteiger partial charge in [-0.25, -0.2) is 22.3 Å². The van der Waals surface area contributed by atoms with Crippen LogP contribution in [0.25, 0.3) is 5.69 Å². The Bertz CT molecular complexity index is 1520. The van der Waals surface area contributed by atoms with Gasteiger partial charge in [0, 0.05) is 13.1 Å². The minimum absolute atomic E-state index is 0.168. The first kappa shape index (κ1) is 27.9. The molecule has 0 radical (unpaired) electrons. The number of sulfonamides is 1. The van der Waals surface area contributed by atoms with E-state index in [-0.39, 0.29) is 15.7 Å². The number of nitrogens with zero attached hydrogens (tertiary/aromatic N) is 3. The summed E-state index contributed by atoms with van der Waals surface area (Å²) in [4.78, 5) is 36.3. The molecule has 1 aromatic heterocycles. The monoisotopic (exact) mass is 554 g/mol. The summed E-state index contributed by atoms with van der Waals surface area (Å²) >= 11 is 6.03. The minimum atomic E-state index is -4.24. The number of rotatable bonds is 10. The van der Waals surface area contributed by atoms with E-state index in [2.05, 4.69) is 5.10 Å². The van der Waals surface area contributed by atoms with Crippen molar-refractivity contribution in [2.45, 2.75) is 37.7 Å². The molecule has 1 atom stereocenters. The Morgan fingerprint density at radius 2 is 1.89 bits per heavy atom. The molecular weight excluding hydrogens is 531 g/mol. The van der Waals surface area contributed by atoms with Crippen molar-refractivity contribution in [3.63, 3.8) is 0 Å². The average molecular weight is 555 g/mol. The van der Waals surface area contributed by atoms with Crippen molar-refractivity contribution in [2.75, 3.05) is 6.61 Å². The highest BCUT2D eigenvalue weighted by Gasteiger charge is 2.25. The van der Waals surface area contributed by atoms with E-state index in [0.29, 0.717) is 21.6 Å². The van der Waals surface area contributed by atoms with Crippen molar-refractivity contribution in [1.29, 1.82) is 0 Å². The number of hydrogen-bond donors (Lipinski definition) is 1. The molecule has 1 unspecified atom stereocenters. The van der Waals surface area contributed by atoms with Gasteiger partial charge < -0.3 is 9.47 Å².